The van der Waals surface area contributed by atoms with Gasteiger partial charge in [0.25, 0.3) is 0 Å². The fraction of sp³-hybridized carbons (Fsp3) is 1.00. The van der Waals surface area contributed by atoms with Crippen molar-refractivity contribution in [3.05, 3.63) is 0 Å². The first-order valence-electron chi connectivity index (χ1n) is 1.79. The summed E-state index contributed by atoms with van der Waals surface area (Å²) >= 11 is -3.12. The fourth-order valence-electron chi connectivity index (χ4n) is 0.149. The molecule has 0 fully saturated rings. The second kappa shape index (κ2) is 3.14. The summed E-state index contributed by atoms with van der Waals surface area (Å²) in [5.41, 5.74) is 0. The Morgan fingerprint density at radius 3 is 2.22 bits per heavy atom. The number of halogens is 3. The molecule has 0 amide bonds. The van der Waals surface area contributed by atoms with Gasteiger partial charge in [-0.25, -0.2) is 4.39 Å². The molecular weight excluding hydrogens is 159 g/mol. The smallest absolute Gasteiger partial charge is 0.340 e. The van der Waals surface area contributed by atoms with Crippen molar-refractivity contribution in [2.75, 3.05) is 6.67 Å². The third-order valence-corrected chi connectivity index (χ3v) is 0.866. The highest BCUT2D eigenvalue weighted by Gasteiger charge is 2.28. The lowest BCUT2D eigenvalue weighted by Crippen LogP contribution is -2.39. The molecule has 0 saturated carbocycles. The van der Waals surface area contributed by atoms with Crippen LogP contribution in [0.5, 0.6) is 0 Å². The Balaban J connectivity index is 3.71. The van der Waals surface area contributed by atoms with Crippen LogP contribution in [0.15, 0.2) is 0 Å². The van der Waals surface area contributed by atoms with Crippen LogP contribution < -0.4 is 4.72 Å². The van der Waals surface area contributed by atoms with Gasteiger partial charge in [-0.3, -0.25) is 4.21 Å². The van der Waals surface area contributed by atoms with Crippen LogP contribution in [0.2, 0.25) is 0 Å². The molecule has 0 aliphatic heterocycles. The molecule has 56 valence electrons. The Labute approximate surface area is 51.7 Å². The van der Waals surface area contributed by atoms with E-state index in [1.54, 1.807) is 0 Å². The van der Waals surface area contributed by atoms with E-state index in [9.17, 15) is 21.9 Å². The van der Waals surface area contributed by atoms with E-state index >= 15 is 0 Å². The average Bonchev–Trinajstić information content (AvgIpc) is 1.63. The summed E-state index contributed by atoms with van der Waals surface area (Å²) in [4.78, 5) is 0. The maximum Gasteiger partial charge on any atom is 0.340 e. The van der Waals surface area contributed by atoms with Gasteiger partial charge >= 0.3 is 6.05 Å². The molecule has 0 radical (unpaired) electrons. The van der Waals surface area contributed by atoms with Crippen LogP contribution in [-0.2, 0) is 11.3 Å². The van der Waals surface area contributed by atoms with Crippen LogP contribution in [0, 0.1) is 0 Å². The van der Waals surface area contributed by atoms with Crippen molar-refractivity contribution in [2.45, 2.75) is 6.05 Å². The number of rotatable bonds is 3. The zero-order valence-corrected chi connectivity index (χ0v) is 4.88. The summed E-state index contributed by atoms with van der Waals surface area (Å²) in [5, 5.41) is 0. The molecule has 0 aromatic rings. The van der Waals surface area contributed by atoms with Gasteiger partial charge in [0, 0.05) is 11.3 Å². The largest absolute Gasteiger partial charge is 0.760 e. The zero-order chi connectivity index (χ0) is 7.49. The van der Waals surface area contributed by atoms with Gasteiger partial charge in [0.05, 0.1) is 0 Å². The first-order chi connectivity index (χ1) is 3.98. The molecule has 1 unspecified atom stereocenters. The van der Waals surface area contributed by atoms with E-state index in [2.05, 4.69) is 0 Å². The highest BCUT2D eigenvalue weighted by Crippen LogP contribution is 2.08. The molecule has 0 aliphatic rings. The van der Waals surface area contributed by atoms with Gasteiger partial charge in [0.1, 0.15) is 0 Å². The lowest BCUT2D eigenvalue weighted by Gasteiger charge is -2.14. The summed E-state index contributed by atoms with van der Waals surface area (Å²) in [6.07, 6.45) is 0. The SMILES string of the molecule is O=S([O-])NC(F)(F)CF. The molecule has 0 heterocycles. The Bertz CT molecular complexity index is 118. The van der Waals surface area contributed by atoms with Crippen molar-refractivity contribution in [1.82, 2.24) is 4.72 Å². The average molecular weight is 162 g/mol. The van der Waals surface area contributed by atoms with E-state index in [0.717, 1.165) is 0 Å². The molecule has 7 heteroatoms. The van der Waals surface area contributed by atoms with Crippen molar-refractivity contribution >= 4 is 11.3 Å². The van der Waals surface area contributed by atoms with Gasteiger partial charge in [-0.2, -0.15) is 13.5 Å². The first kappa shape index (κ1) is 8.86. The highest BCUT2D eigenvalue weighted by atomic mass is 32.2. The Kier molecular flexibility index (Phi) is 3.09. The predicted octanol–water partition coefficient (Wildman–Crippen LogP) is -0.0676. The van der Waals surface area contributed by atoms with Gasteiger partial charge in [0.15, 0.2) is 6.67 Å². The highest BCUT2D eigenvalue weighted by molar-refractivity contribution is 7.77. The van der Waals surface area contributed by atoms with E-state index in [1.807, 2.05) is 0 Å². The molecule has 0 spiro atoms. The van der Waals surface area contributed by atoms with Gasteiger partial charge in [-0.1, -0.05) is 0 Å². The maximum absolute atomic E-state index is 11.5. The second-order valence-electron chi connectivity index (χ2n) is 1.17. The normalized spacial score (nSPS) is 15.6. The molecule has 1 atom stereocenters. The van der Waals surface area contributed by atoms with Gasteiger partial charge < -0.3 is 4.55 Å². The van der Waals surface area contributed by atoms with Gasteiger partial charge in [-0.15, -0.1) is 0 Å². The molecule has 0 rings (SSSR count). The lowest BCUT2D eigenvalue weighted by atomic mass is 10.7. The van der Waals surface area contributed by atoms with E-state index in [0.29, 0.717) is 4.72 Å². The van der Waals surface area contributed by atoms with Crippen LogP contribution in [-0.4, -0.2) is 21.5 Å². The van der Waals surface area contributed by atoms with E-state index in [4.69, 9.17) is 0 Å². The van der Waals surface area contributed by atoms with Gasteiger partial charge in [0.2, 0.25) is 0 Å². The Hall–Kier alpha value is -0.140. The van der Waals surface area contributed by atoms with Crippen molar-refractivity contribution in [1.29, 1.82) is 0 Å². The molecule has 0 aromatic carbocycles. The maximum atomic E-state index is 11.5. The lowest BCUT2D eigenvalue weighted by molar-refractivity contribution is -0.0334. The van der Waals surface area contributed by atoms with E-state index in [1.165, 1.54) is 0 Å². The van der Waals surface area contributed by atoms with E-state index in [-0.39, 0.29) is 0 Å². The molecule has 9 heavy (non-hydrogen) atoms. The van der Waals surface area contributed by atoms with E-state index < -0.39 is 24.0 Å². The summed E-state index contributed by atoms with van der Waals surface area (Å²) in [5.74, 6) is 0. The number of hydrogen-bond donors (Lipinski definition) is 1. The first-order valence-corrected chi connectivity index (χ1v) is 2.86. The molecule has 3 nitrogen and oxygen atoms in total. The quantitative estimate of drug-likeness (QED) is 0.466. The third kappa shape index (κ3) is 4.37. The monoisotopic (exact) mass is 162 g/mol. The summed E-state index contributed by atoms with van der Waals surface area (Å²) in [6, 6.07) is -3.97. The van der Waals surface area contributed by atoms with Crippen LogP contribution in [0.3, 0.4) is 0 Å². The number of hydrogen-bond acceptors (Lipinski definition) is 2. The second-order valence-corrected chi connectivity index (χ2v) is 1.85. The molecule has 0 aromatic heterocycles. The molecule has 0 aliphatic carbocycles. The molecule has 1 N–H and O–H groups in total. The minimum absolute atomic E-state index is 0.677. The number of nitrogens with one attached hydrogen (secondary N) is 1. The third-order valence-electron chi connectivity index (χ3n) is 0.400. The molecule has 0 saturated heterocycles. The number of alkyl halides is 3. The minimum Gasteiger partial charge on any atom is -0.760 e. The molecule has 0 bridgehead atoms. The van der Waals surface area contributed by atoms with Crippen LogP contribution in [0.1, 0.15) is 0 Å². The molecular formula is C2H3F3NO2S-. The summed E-state index contributed by atoms with van der Waals surface area (Å²) in [7, 11) is 0. The Morgan fingerprint density at radius 1 is 1.67 bits per heavy atom. The van der Waals surface area contributed by atoms with Gasteiger partial charge in [-0.05, 0) is 0 Å². The summed E-state index contributed by atoms with van der Waals surface area (Å²) in [6.45, 7) is -2.04. The van der Waals surface area contributed by atoms with Crippen molar-refractivity contribution < 1.29 is 21.9 Å². The van der Waals surface area contributed by atoms with Crippen LogP contribution >= 0.6 is 0 Å². The predicted molar refractivity (Wildman–Crippen MR) is 23.0 cm³/mol. The Morgan fingerprint density at radius 2 is 2.11 bits per heavy atom. The topological polar surface area (TPSA) is 52.2 Å². The standard InChI is InChI=1S/C2H4F3NO2S/c3-1-2(4,5)6-9(7)8/h6H,1H2,(H,7,8)/p-1. The van der Waals surface area contributed by atoms with Crippen molar-refractivity contribution in [3.8, 4) is 0 Å². The van der Waals surface area contributed by atoms with Crippen LogP contribution in [0.25, 0.3) is 0 Å². The van der Waals surface area contributed by atoms with Crippen LogP contribution in [0.4, 0.5) is 13.2 Å². The van der Waals surface area contributed by atoms with Crippen molar-refractivity contribution in [2.24, 2.45) is 0 Å². The fourth-order valence-corrected chi connectivity index (χ4v) is 0.448. The van der Waals surface area contributed by atoms with Crippen molar-refractivity contribution in [3.63, 3.8) is 0 Å². The minimum atomic E-state index is -3.97. The zero-order valence-electron chi connectivity index (χ0n) is 4.07. The summed E-state index contributed by atoms with van der Waals surface area (Å²) < 4.78 is 53.6.